The number of hydrogen-bond donors (Lipinski definition) is 1. The Morgan fingerprint density at radius 2 is 1.96 bits per heavy atom. The molecule has 0 unspecified atom stereocenters. The molecule has 1 aromatic carbocycles. The van der Waals surface area contributed by atoms with Crippen molar-refractivity contribution in [2.45, 2.75) is 13.1 Å². The Morgan fingerprint density at radius 3 is 2.75 bits per heavy atom. The molecule has 3 aromatic rings. The van der Waals surface area contributed by atoms with Crippen LogP contribution < -0.4 is 14.8 Å². The van der Waals surface area contributed by atoms with E-state index in [2.05, 4.69) is 27.3 Å². The Bertz CT molecular complexity index is 947. The van der Waals surface area contributed by atoms with E-state index in [4.69, 9.17) is 14.5 Å². The summed E-state index contributed by atoms with van der Waals surface area (Å²) >= 11 is 0. The number of fused-ring (bicyclic) bond motifs is 1. The molecule has 1 aliphatic rings. The molecular weight excluding hydrogens is 352 g/mol. The Kier molecular flexibility index (Phi) is 5.39. The third-order valence-corrected chi connectivity index (χ3v) is 4.93. The zero-order valence-corrected chi connectivity index (χ0v) is 16.2. The van der Waals surface area contributed by atoms with E-state index in [1.54, 1.807) is 14.2 Å². The average molecular weight is 376 g/mol. The number of rotatable bonds is 5. The number of aromatic nitrogens is 2. The average Bonchev–Trinajstić information content (AvgIpc) is 2.95. The molecule has 0 fully saturated rings. The van der Waals surface area contributed by atoms with E-state index in [1.807, 2.05) is 42.9 Å². The van der Waals surface area contributed by atoms with Gasteiger partial charge in [-0.15, -0.1) is 0 Å². The largest absolute Gasteiger partial charge is 0.493 e. The molecule has 3 heterocycles. The molecule has 0 aliphatic carbocycles. The van der Waals surface area contributed by atoms with Crippen molar-refractivity contribution >= 4 is 5.69 Å². The Labute approximate surface area is 165 Å². The van der Waals surface area contributed by atoms with Crippen LogP contribution in [-0.2, 0) is 13.1 Å². The second-order valence-electron chi connectivity index (χ2n) is 6.80. The molecule has 2 aromatic heterocycles. The number of anilines is 1. The molecule has 0 spiro atoms. The molecule has 0 atom stereocenters. The highest BCUT2D eigenvalue weighted by molar-refractivity contribution is 5.69. The Morgan fingerprint density at radius 1 is 1.07 bits per heavy atom. The van der Waals surface area contributed by atoms with Crippen LogP contribution in [0.2, 0.25) is 0 Å². The predicted octanol–water partition coefficient (Wildman–Crippen LogP) is 3.59. The molecule has 1 N–H and O–H groups in total. The summed E-state index contributed by atoms with van der Waals surface area (Å²) in [4.78, 5) is 11.3. The van der Waals surface area contributed by atoms with E-state index < -0.39 is 0 Å². The van der Waals surface area contributed by atoms with Crippen LogP contribution >= 0.6 is 0 Å². The standard InChI is InChI=1S/C22H24N4O2/c1-27-21-6-5-17(10-22(21)28-2)19-11-20-18(13-25-19)15-26(9-8-24-20)14-16-4-3-7-23-12-16/h3-7,10-13,24H,8-9,14-15H2,1-2H3. The van der Waals surface area contributed by atoms with Crippen molar-refractivity contribution in [2.24, 2.45) is 0 Å². The fraction of sp³-hybridized carbons (Fsp3) is 0.273. The lowest BCUT2D eigenvalue weighted by Crippen LogP contribution is -2.25. The molecule has 28 heavy (non-hydrogen) atoms. The summed E-state index contributed by atoms with van der Waals surface area (Å²) in [5, 5.41) is 3.55. The van der Waals surface area contributed by atoms with E-state index in [0.29, 0.717) is 11.5 Å². The number of ether oxygens (including phenoxy) is 2. The first kappa shape index (κ1) is 18.3. The topological polar surface area (TPSA) is 59.5 Å². The number of hydrogen-bond acceptors (Lipinski definition) is 6. The lowest BCUT2D eigenvalue weighted by molar-refractivity contribution is 0.271. The summed E-state index contributed by atoms with van der Waals surface area (Å²) in [6.07, 6.45) is 5.70. The molecule has 4 rings (SSSR count). The summed E-state index contributed by atoms with van der Waals surface area (Å²) in [7, 11) is 3.28. The maximum atomic E-state index is 5.42. The van der Waals surface area contributed by atoms with Crippen molar-refractivity contribution in [3.63, 3.8) is 0 Å². The molecule has 1 aliphatic heterocycles. The zero-order chi connectivity index (χ0) is 19.3. The first-order valence-corrected chi connectivity index (χ1v) is 9.33. The number of nitrogens with one attached hydrogen (secondary N) is 1. The van der Waals surface area contributed by atoms with Gasteiger partial charge in [0.2, 0.25) is 0 Å². The van der Waals surface area contributed by atoms with E-state index in [1.165, 1.54) is 11.1 Å². The smallest absolute Gasteiger partial charge is 0.161 e. The van der Waals surface area contributed by atoms with Gasteiger partial charge in [0.25, 0.3) is 0 Å². The summed E-state index contributed by atoms with van der Waals surface area (Å²) in [6.45, 7) is 3.60. The fourth-order valence-electron chi connectivity index (χ4n) is 3.48. The third kappa shape index (κ3) is 3.92. The van der Waals surface area contributed by atoms with Crippen LogP contribution in [0.3, 0.4) is 0 Å². The van der Waals surface area contributed by atoms with Gasteiger partial charge in [0.1, 0.15) is 0 Å². The van der Waals surface area contributed by atoms with Gasteiger partial charge in [-0.05, 0) is 35.9 Å². The SMILES string of the molecule is COc1ccc(-c2cc3c(cn2)CN(Cc2cccnc2)CCN3)cc1OC. The van der Waals surface area contributed by atoms with Gasteiger partial charge >= 0.3 is 0 Å². The number of benzene rings is 1. The molecule has 6 nitrogen and oxygen atoms in total. The zero-order valence-electron chi connectivity index (χ0n) is 16.2. The highest BCUT2D eigenvalue weighted by atomic mass is 16.5. The molecule has 144 valence electrons. The lowest BCUT2D eigenvalue weighted by Gasteiger charge is -2.19. The van der Waals surface area contributed by atoms with Gasteiger partial charge in [-0.2, -0.15) is 0 Å². The summed E-state index contributed by atoms with van der Waals surface area (Å²) < 4.78 is 10.7. The quantitative estimate of drug-likeness (QED) is 0.734. The first-order chi connectivity index (χ1) is 13.8. The molecule has 0 radical (unpaired) electrons. The summed E-state index contributed by atoms with van der Waals surface area (Å²) in [5.74, 6) is 1.41. The van der Waals surface area contributed by atoms with Crippen LogP contribution in [0.25, 0.3) is 11.3 Å². The van der Waals surface area contributed by atoms with Crippen LogP contribution in [0.1, 0.15) is 11.1 Å². The lowest BCUT2D eigenvalue weighted by atomic mass is 10.1. The molecule has 0 amide bonds. The second-order valence-corrected chi connectivity index (χ2v) is 6.80. The van der Waals surface area contributed by atoms with E-state index in [-0.39, 0.29) is 0 Å². The normalized spacial score (nSPS) is 13.9. The van der Waals surface area contributed by atoms with Crippen LogP contribution in [0.4, 0.5) is 5.69 Å². The predicted molar refractivity (Wildman–Crippen MR) is 110 cm³/mol. The second kappa shape index (κ2) is 8.27. The minimum atomic E-state index is 0.701. The third-order valence-electron chi connectivity index (χ3n) is 4.93. The summed E-state index contributed by atoms with van der Waals surface area (Å²) in [5.41, 5.74) is 5.46. The van der Waals surface area contributed by atoms with Crippen molar-refractivity contribution in [2.75, 3.05) is 32.6 Å². The fourth-order valence-corrected chi connectivity index (χ4v) is 3.48. The number of pyridine rings is 2. The van der Waals surface area contributed by atoms with Gasteiger partial charge in [-0.3, -0.25) is 14.9 Å². The minimum Gasteiger partial charge on any atom is -0.493 e. The molecule has 0 bridgehead atoms. The van der Waals surface area contributed by atoms with Gasteiger partial charge in [0, 0.05) is 61.6 Å². The maximum absolute atomic E-state index is 5.42. The van der Waals surface area contributed by atoms with Crippen molar-refractivity contribution in [1.82, 2.24) is 14.9 Å². The van der Waals surface area contributed by atoms with Crippen molar-refractivity contribution in [1.29, 1.82) is 0 Å². The molecular formula is C22H24N4O2. The van der Waals surface area contributed by atoms with Gasteiger partial charge in [-0.1, -0.05) is 6.07 Å². The van der Waals surface area contributed by atoms with Crippen molar-refractivity contribution in [3.8, 4) is 22.8 Å². The van der Waals surface area contributed by atoms with Crippen molar-refractivity contribution in [3.05, 3.63) is 66.1 Å². The van der Waals surface area contributed by atoms with Gasteiger partial charge in [0.05, 0.1) is 19.9 Å². The van der Waals surface area contributed by atoms with E-state index in [0.717, 1.165) is 43.1 Å². The Hall–Kier alpha value is -3.12. The van der Waals surface area contributed by atoms with Crippen LogP contribution in [0.15, 0.2) is 55.0 Å². The highest BCUT2D eigenvalue weighted by Crippen LogP contribution is 2.33. The van der Waals surface area contributed by atoms with Gasteiger partial charge in [-0.25, -0.2) is 0 Å². The van der Waals surface area contributed by atoms with Crippen LogP contribution in [-0.4, -0.2) is 42.2 Å². The number of nitrogens with zero attached hydrogens (tertiary/aromatic N) is 3. The number of methoxy groups -OCH3 is 2. The Balaban J connectivity index is 1.57. The molecule has 0 saturated heterocycles. The van der Waals surface area contributed by atoms with E-state index >= 15 is 0 Å². The minimum absolute atomic E-state index is 0.701. The highest BCUT2D eigenvalue weighted by Gasteiger charge is 2.16. The molecule has 0 saturated carbocycles. The van der Waals surface area contributed by atoms with Crippen LogP contribution in [0.5, 0.6) is 11.5 Å². The monoisotopic (exact) mass is 376 g/mol. The summed E-state index contributed by atoms with van der Waals surface area (Å²) in [6, 6.07) is 12.1. The first-order valence-electron chi connectivity index (χ1n) is 9.33. The van der Waals surface area contributed by atoms with E-state index in [9.17, 15) is 0 Å². The molecule has 6 heteroatoms. The van der Waals surface area contributed by atoms with Crippen LogP contribution in [0, 0.1) is 0 Å². The van der Waals surface area contributed by atoms with Gasteiger partial charge in [0.15, 0.2) is 11.5 Å². The maximum Gasteiger partial charge on any atom is 0.161 e. The van der Waals surface area contributed by atoms with Crippen molar-refractivity contribution < 1.29 is 9.47 Å². The van der Waals surface area contributed by atoms with Gasteiger partial charge < -0.3 is 14.8 Å².